The normalized spacial score (nSPS) is 12.0. The van der Waals surface area contributed by atoms with Crippen LogP contribution in [0, 0.1) is 6.92 Å². The van der Waals surface area contributed by atoms with Crippen molar-refractivity contribution in [3.8, 4) is 0 Å². The highest BCUT2D eigenvalue weighted by Crippen LogP contribution is 2.22. The molecule has 0 bridgehead atoms. The number of carbonyl (C=O) groups is 1. The first-order valence-corrected chi connectivity index (χ1v) is 9.86. The highest BCUT2D eigenvalue weighted by atomic mass is 32.2. The lowest BCUT2D eigenvalue weighted by Crippen LogP contribution is -2.27. The highest BCUT2D eigenvalue weighted by molar-refractivity contribution is 8.00. The Kier molecular flexibility index (Phi) is 6.31. The lowest BCUT2D eigenvalue weighted by molar-refractivity contribution is 0.0956. The Morgan fingerprint density at radius 2 is 1.91 bits per heavy atom. The summed E-state index contributed by atoms with van der Waals surface area (Å²) in [5.74, 6) is 0.700. The summed E-state index contributed by atoms with van der Waals surface area (Å²) in [6, 6.07) is 4.90. The van der Waals surface area contributed by atoms with Gasteiger partial charge < -0.3 is 5.32 Å². The molecule has 0 atom stereocenters. The highest BCUT2D eigenvalue weighted by Gasteiger charge is 2.12. The summed E-state index contributed by atoms with van der Waals surface area (Å²) in [5.41, 5.74) is 1.72. The molecule has 1 amide bonds. The fourth-order valence-electron chi connectivity index (χ4n) is 1.74. The molecule has 0 fully saturated rings. The number of thioether (sulfide) groups is 1. The Labute approximate surface area is 137 Å². The molecule has 124 valence electrons. The number of nitrogens with one attached hydrogen (secondary N) is 2. The molecule has 0 saturated heterocycles. The summed E-state index contributed by atoms with van der Waals surface area (Å²) < 4.78 is 25.1. The van der Waals surface area contributed by atoms with Gasteiger partial charge in [-0.3, -0.25) is 9.52 Å². The first kappa shape index (κ1) is 18.8. The molecule has 1 aromatic carbocycles. The van der Waals surface area contributed by atoms with Gasteiger partial charge >= 0.3 is 0 Å². The van der Waals surface area contributed by atoms with Crippen LogP contribution >= 0.6 is 11.8 Å². The van der Waals surface area contributed by atoms with Crippen LogP contribution in [0.1, 0.15) is 36.7 Å². The maximum Gasteiger partial charge on any atom is 0.251 e. The zero-order chi connectivity index (χ0) is 17.0. The molecule has 0 aliphatic carbocycles. The molecule has 1 aromatic rings. The second-order valence-corrected chi connectivity index (χ2v) is 9.79. The molecular formula is C15H24N2O3S2. The fourth-order valence-corrected chi connectivity index (χ4v) is 3.19. The number of carbonyl (C=O) groups excluding carboxylic acids is 1. The van der Waals surface area contributed by atoms with Gasteiger partial charge in [-0.05, 0) is 30.7 Å². The number of rotatable bonds is 6. The number of hydrogen-bond acceptors (Lipinski definition) is 4. The van der Waals surface area contributed by atoms with Crippen LogP contribution in [0.3, 0.4) is 0 Å². The second kappa shape index (κ2) is 7.37. The van der Waals surface area contributed by atoms with E-state index in [0.717, 1.165) is 12.0 Å². The SMILES string of the molecule is Cc1cc(C(=O)NCCSC(C)(C)C)ccc1NS(C)(=O)=O. The van der Waals surface area contributed by atoms with Crippen LogP contribution < -0.4 is 10.0 Å². The molecule has 1 rings (SSSR count). The summed E-state index contributed by atoms with van der Waals surface area (Å²) in [5, 5.41) is 2.87. The fraction of sp³-hybridized carbons (Fsp3) is 0.533. The monoisotopic (exact) mass is 344 g/mol. The van der Waals surface area contributed by atoms with Crippen molar-refractivity contribution in [3.05, 3.63) is 29.3 Å². The van der Waals surface area contributed by atoms with Gasteiger partial charge in [0, 0.05) is 22.6 Å². The van der Waals surface area contributed by atoms with Gasteiger partial charge in [0.25, 0.3) is 5.91 Å². The van der Waals surface area contributed by atoms with E-state index in [1.165, 1.54) is 0 Å². The molecule has 0 heterocycles. The van der Waals surface area contributed by atoms with Crippen molar-refractivity contribution >= 4 is 33.4 Å². The van der Waals surface area contributed by atoms with Gasteiger partial charge in [-0.15, -0.1) is 0 Å². The van der Waals surface area contributed by atoms with E-state index in [1.54, 1.807) is 36.9 Å². The number of amides is 1. The first-order valence-electron chi connectivity index (χ1n) is 6.98. The maximum atomic E-state index is 12.1. The Morgan fingerprint density at radius 3 is 2.41 bits per heavy atom. The zero-order valence-electron chi connectivity index (χ0n) is 13.7. The van der Waals surface area contributed by atoms with Crippen LogP contribution in [0.4, 0.5) is 5.69 Å². The number of sulfonamides is 1. The Morgan fingerprint density at radius 1 is 1.27 bits per heavy atom. The van der Waals surface area contributed by atoms with Gasteiger partial charge in [0.1, 0.15) is 0 Å². The predicted molar refractivity (Wildman–Crippen MR) is 94.2 cm³/mol. The molecule has 0 unspecified atom stereocenters. The largest absolute Gasteiger partial charge is 0.351 e. The molecule has 2 N–H and O–H groups in total. The Bertz CT molecular complexity index is 635. The van der Waals surface area contributed by atoms with Crippen LogP contribution in [0.5, 0.6) is 0 Å². The van der Waals surface area contributed by atoms with Crippen LogP contribution in [0.2, 0.25) is 0 Å². The smallest absolute Gasteiger partial charge is 0.251 e. The molecule has 0 aliphatic rings. The van der Waals surface area contributed by atoms with Crippen molar-refractivity contribution in [2.75, 3.05) is 23.3 Å². The van der Waals surface area contributed by atoms with E-state index in [9.17, 15) is 13.2 Å². The zero-order valence-corrected chi connectivity index (χ0v) is 15.3. The minimum atomic E-state index is -3.32. The van der Waals surface area contributed by atoms with Crippen molar-refractivity contribution in [1.29, 1.82) is 0 Å². The van der Waals surface area contributed by atoms with Crippen LogP contribution in [0.15, 0.2) is 18.2 Å². The summed E-state index contributed by atoms with van der Waals surface area (Å²) in [7, 11) is -3.32. The summed E-state index contributed by atoms with van der Waals surface area (Å²) >= 11 is 1.79. The van der Waals surface area contributed by atoms with Crippen LogP contribution in [-0.2, 0) is 10.0 Å². The molecule has 0 aromatic heterocycles. The minimum absolute atomic E-state index is 0.150. The molecular weight excluding hydrogens is 320 g/mol. The van der Waals surface area contributed by atoms with Gasteiger partial charge in [-0.25, -0.2) is 8.42 Å². The summed E-state index contributed by atoms with van der Waals surface area (Å²) in [6.07, 6.45) is 1.10. The molecule has 7 heteroatoms. The quantitative estimate of drug-likeness (QED) is 0.778. The third kappa shape index (κ3) is 7.17. The van der Waals surface area contributed by atoms with Gasteiger partial charge in [-0.1, -0.05) is 20.8 Å². The molecule has 0 spiro atoms. The third-order valence-corrected chi connectivity index (χ3v) is 4.57. The van der Waals surface area contributed by atoms with Crippen LogP contribution in [0.25, 0.3) is 0 Å². The van der Waals surface area contributed by atoms with Crippen LogP contribution in [-0.4, -0.2) is 37.6 Å². The standard InChI is InChI=1S/C15H24N2O3S2/c1-11-10-12(6-7-13(11)17-22(5,19)20)14(18)16-8-9-21-15(2,3)4/h6-7,10,17H,8-9H2,1-5H3,(H,16,18). The number of benzene rings is 1. The van der Waals surface area contributed by atoms with E-state index < -0.39 is 10.0 Å². The molecule has 22 heavy (non-hydrogen) atoms. The van der Waals surface area contributed by atoms with E-state index in [0.29, 0.717) is 23.4 Å². The average molecular weight is 345 g/mol. The molecule has 0 saturated carbocycles. The molecule has 0 aliphatic heterocycles. The number of hydrogen-bond donors (Lipinski definition) is 2. The van der Waals surface area contributed by atoms with Gasteiger partial charge in [0.2, 0.25) is 10.0 Å². The van der Waals surface area contributed by atoms with Crippen molar-refractivity contribution in [2.45, 2.75) is 32.4 Å². The average Bonchev–Trinajstić information content (AvgIpc) is 2.34. The van der Waals surface area contributed by atoms with Crippen molar-refractivity contribution < 1.29 is 13.2 Å². The summed E-state index contributed by atoms with van der Waals surface area (Å²) in [6.45, 7) is 8.77. The predicted octanol–water partition coefficient (Wildman–Crippen LogP) is 2.63. The van der Waals surface area contributed by atoms with E-state index in [-0.39, 0.29) is 10.7 Å². The van der Waals surface area contributed by atoms with E-state index in [1.807, 2.05) is 0 Å². The molecule has 5 nitrogen and oxygen atoms in total. The van der Waals surface area contributed by atoms with Crippen molar-refractivity contribution in [2.24, 2.45) is 0 Å². The van der Waals surface area contributed by atoms with Crippen molar-refractivity contribution in [1.82, 2.24) is 5.32 Å². The minimum Gasteiger partial charge on any atom is -0.351 e. The summed E-state index contributed by atoms with van der Waals surface area (Å²) in [4.78, 5) is 12.1. The maximum absolute atomic E-state index is 12.1. The van der Waals surface area contributed by atoms with Gasteiger partial charge in [0.15, 0.2) is 0 Å². The number of aryl methyl sites for hydroxylation is 1. The third-order valence-electron chi connectivity index (χ3n) is 2.71. The van der Waals surface area contributed by atoms with E-state index >= 15 is 0 Å². The van der Waals surface area contributed by atoms with Crippen molar-refractivity contribution in [3.63, 3.8) is 0 Å². The lowest BCUT2D eigenvalue weighted by atomic mass is 10.1. The van der Waals surface area contributed by atoms with E-state index in [2.05, 4.69) is 30.8 Å². The van der Waals surface area contributed by atoms with E-state index in [4.69, 9.17) is 0 Å². The topological polar surface area (TPSA) is 75.3 Å². The van der Waals surface area contributed by atoms with Gasteiger partial charge in [-0.2, -0.15) is 11.8 Å². The lowest BCUT2D eigenvalue weighted by Gasteiger charge is -2.17. The van der Waals surface area contributed by atoms with Gasteiger partial charge in [0.05, 0.1) is 11.9 Å². The Hall–Kier alpha value is -1.21. The first-order chi connectivity index (χ1) is 9.98. The molecule has 0 radical (unpaired) electrons. The Balaban J connectivity index is 2.62. The second-order valence-electron chi connectivity index (χ2n) is 6.12. The number of anilines is 1.